The van der Waals surface area contributed by atoms with Gasteiger partial charge in [-0.3, -0.25) is 0 Å². The topological polar surface area (TPSA) is 35.5 Å². The predicted octanol–water partition coefficient (Wildman–Crippen LogP) is 2.46. The van der Waals surface area contributed by atoms with Crippen molar-refractivity contribution >= 4 is 10.8 Å². The van der Waals surface area contributed by atoms with Gasteiger partial charge in [0.05, 0.1) is 17.4 Å². The van der Waals surface area contributed by atoms with Gasteiger partial charge in [-0.05, 0) is 32.1 Å². The summed E-state index contributed by atoms with van der Waals surface area (Å²) in [5, 5.41) is 1.66. The van der Waals surface area contributed by atoms with Crippen molar-refractivity contribution in [2.75, 3.05) is 6.61 Å². The van der Waals surface area contributed by atoms with E-state index in [-0.39, 0.29) is 6.10 Å². The van der Waals surface area contributed by atoms with E-state index in [4.69, 9.17) is 9.47 Å². The van der Waals surface area contributed by atoms with E-state index < -0.39 is 16.6 Å². The average Bonchev–Trinajstić information content (AvgIpc) is 2.67. The SMILES string of the molecule is CC1(C)OC[C@@H](C=CS(=O)c2ccccc2)O1. The Morgan fingerprint density at radius 3 is 2.65 bits per heavy atom. The van der Waals surface area contributed by atoms with Crippen LogP contribution in [0.2, 0.25) is 0 Å². The molecule has 1 aromatic carbocycles. The molecule has 92 valence electrons. The van der Waals surface area contributed by atoms with Crippen molar-refractivity contribution in [3.63, 3.8) is 0 Å². The zero-order valence-corrected chi connectivity index (χ0v) is 10.8. The molecule has 1 aliphatic rings. The van der Waals surface area contributed by atoms with Crippen molar-refractivity contribution in [3.05, 3.63) is 41.8 Å². The van der Waals surface area contributed by atoms with Crippen molar-refractivity contribution in [1.82, 2.24) is 0 Å². The Bertz CT molecular complexity index is 426. The summed E-state index contributed by atoms with van der Waals surface area (Å²) in [6.45, 7) is 4.25. The first-order valence-corrected chi connectivity index (χ1v) is 6.74. The van der Waals surface area contributed by atoms with Gasteiger partial charge < -0.3 is 9.47 Å². The third-order valence-corrected chi connectivity index (χ3v) is 3.56. The predicted molar refractivity (Wildman–Crippen MR) is 66.9 cm³/mol. The van der Waals surface area contributed by atoms with E-state index in [0.29, 0.717) is 6.61 Å². The molecule has 0 amide bonds. The van der Waals surface area contributed by atoms with Gasteiger partial charge in [0.2, 0.25) is 0 Å². The molecule has 0 radical (unpaired) electrons. The lowest BCUT2D eigenvalue weighted by molar-refractivity contribution is -0.133. The molecule has 1 aliphatic heterocycles. The number of benzene rings is 1. The Kier molecular flexibility index (Phi) is 3.76. The molecule has 3 nitrogen and oxygen atoms in total. The molecule has 1 heterocycles. The summed E-state index contributed by atoms with van der Waals surface area (Å²) in [4.78, 5) is 0.793. The molecule has 0 N–H and O–H groups in total. The van der Waals surface area contributed by atoms with Crippen molar-refractivity contribution in [2.45, 2.75) is 30.6 Å². The summed E-state index contributed by atoms with van der Waals surface area (Å²) in [5.74, 6) is -0.538. The standard InChI is InChI=1S/C13H16O3S/c1-13(2)15-10-11(16-13)8-9-17(14)12-6-4-3-5-7-12/h3-9,11H,10H2,1-2H3/t11-,17?/m1/s1. The fourth-order valence-electron chi connectivity index (χ4n) is 1.60. The number of rotatable bonds is 3. The average molecular weight is 252 g/mol. The summed E-state index contributed by atoms with van der Waals surface area (Å²) < 4.78 is 22.9. The van der Waals surface area contributed by atoms with Gasteiger partial charge in [-0.1, -0.05) is 18.2 Å². The van der Waals surface area contributed by atoms with Gasteiger partial charge in [-0.2, -0.15) is 0 Å². The molecule has 1 fully saturated rings. The normalized spacial score (nSPS) is 25.2. The third kappa shape index (κ3) is 3.49. The number of ether oxygens (including phenoxy) is 2. The Morgan fingerprint density at radius 1 is 1.35 bits per heavy atom. The monoisotopic (exact) mass is 252 g/mol. The van der Waals surface area contributed by atoms with Crippen LogP contribution in [0.1, 0.15) is 13.8 Å². The molecule has 1 unspecified atom stereocenters. The lowest BCUT2D eigenvalue weighted by atomic mass is 10.4. The minimum atomic E-state index is -1.12. The van der Waals surface area contributed by atoms with Crippen molar-refractivity contribution < 1.29 is 13.7 Å². The van der Waals surface area contributed by atoms with Gasteiger partial charge in [-0.15, -0.1) is 0 Å². The van der Waals surface area contributed by atoms with E-state index in [9.17, 15) is 4.21 Å². The lowest BCUT2D eigenvalue weighted by Gasteiger charge is -2.15. The van der Waals surface area contributed by atoms with Crippen LogP contribution in [0.25, 0.3) is 0 Å². The molecule has 17 heavy (non-hydrogen) atoms. The van der Waals surface area contributed by atoms with Crippen molar-refractivity contribution in [1.29, 1.82) is 0 Å². The number of hydrogen-bond donors (Lipinski definition) is 0. The first-order chi connectivity index (χ1) is 8.07. The van der Waals surface area contributed by atoms with Crippen LogP contribution >= 0.6 is 0 Å². The van der Waals surface area contributed by atoms with E-state index in [0.717, 1.165) is 4.90 Å². The summed E-state index contributed by atoms with van der Waals surface area (Å²) >= 11 is 0. The van der Waals surface area contributed by atoms with Gasteiger partial charge in [0.15, 0.2) is 5.79 Å². The second kappa shape index (κ2) is 5.12. The quantitative estimate of drug-likeness (QED) is 0.829. The second-order valence-corrected chi connectivity index (χ2v) is 5.64. The van der Waals surface area contributed by atoms with Crippen molar-refractivity contribution in [3.8, 4) is 0 Å². The van der Waals surface area contributed by atoms with Crippen LogP contribution in [0, 0.1) is 0 Å². The van der Waals surface area contributed by atoms with Gasteiger partial charge in [0.25, 0.3) is 0 Å². The van der Waals surface area contributed by atoms with Gasteiger partial charge in [0, 0.05) is 10.3 Å². The highest BCUT2D eigenvalue weighted by molar-refractivity contribution is 7.88. The van der Waals surface area contributed by atoms with Gasteiger partial charge in [-0.25, -0.2) is 4.21 Å². The molecule has 1 aromatic rings. The highest BCUT2D eigenvalue weighted by Crippen LogP contribution is 2.23. The van der Waals surface area contributed by atoms with Crippen LogP contribution in [-0.4, -0.2) is 22.7 Å². The summed E-state index contributed by atoms with van der Waals surface area (Å²) in [6, 6.07) is 9.34. The molecule has 2 atom stereocenters. The minimum absolute atomic E-state index is 0.113. The molecule has 4 heteroatoms. The van der Waals surface area contributed by atoms with E-state index in [1.807, 2.05) is 44.2 Å². The van der Waals surface area contributed by atoms with E-state index in [2.05, 4.69) is 0 Å². The summed E-state index contributed by atoms with van der Waals surface area (Å²) in [6.07, 6.45) is 1.69. The fraction of sp³-hybridized carbons (Fsp3) is 0.385. The molecule has 2 rings (SSSR count). The molecule has 1 saturated heterocycles. The van der Waals surface area contributed by atoms with Crippen molar-refractivity contribution in [2.24, 2.45) is 0 Å². The zero-order chi connectivity index (χ0) is 12.3. The van der Waals surface area contributed by atoms with E-state index >= 15 is 0 Å². The van der Waals surface area contributed by atoms with E-state index in [1.165, 1.54) is 0 Å². The van der Waals surface area contributed by atoms with Crippen LogP contribution in [0.3, 0.4) is 0 Å². The van der Waals surface area contributed by atoms with Crippen LogP contribution in [0.15, 0.2) is 46.7 Å². The fourth-order valence-corrected chi connectivity index (χ4v) is 2.50. The van der Waals surface area contributed by atoms with Gasteiger partial charge >= 0.3 is 0 Å². The minimum Gasteiger partial charge on any atom is -0.347 e. The second-order valence-electron chi connectivity index (χ2n) is 4.31. The Labute approximate surface area is 104 Å². The molecule has 0 aliphatic carbocycles. The third-order valence-electron chi connectivity index (χ3n) is 2.42. The lowest BCUT2D eigenvalue weighted by Crippen LogP contribution is -2.20. The van der Waals surface area contributed by atoms with Crippen LogP contribution in [0.4, 0.5) is 0 Å². The Morgan fingerprint density at radius 2 is 2.06 bits per heavy atom. The van der Waals surface area contributed by atoms with Crippen LogP contribution in [-0.2, 0) is 20.3 Å². The molecule has 0 spiro atoms. The summed E-state index contributed by atoms with van der Waals surface area (Å²) in [5.41, 5.74) is 0. The van der Waals surface area contributed by atoms with E-state index in [1.54, 1.807) is 11.5 Å². The largest absolute Gasteiger partial charge is 0.347 e. The molecule has 0 saturated carbocycles. The molecule has 0 bridgehead atoms. The molecular weight excluding hydrogens is 236 g/mol. The highest BCUT2D eigenvalue weighted by Gasteiger charge is 2.31. The first-order valence-electron chi connectivity index (χ1n) is 5.52. The molecule has 0 aromatic heterocycles. The number of hydrogen-bond acceptors (Lipinski definition) is 3. The zero-order valence-electron chi connectivity index (χ0n) is 9.96. The smallest absolute Gasteiger partial charge is 0.163 e. The maximum atomic E-state index is 11.9. The summed E-state index contributed by atoms with van der Waals surface area (Å²) in [7, 11) is -1.12. The van der Waals surface area contributed by atoms with Crippen LogP contribution in [0.5, 0.6) is 0 Å². The first kappa shape index (κ1) is 12.5. The Balaban J connectivity index is 1.96. The highest BCUT2D eigenvalue weighted by atomic mass is 32.2. The van der Waals surface area contributed by atoms with Crippen LogP contribution < -0.4 is 0 Å². The molecular formula is C13H16O3S. The Hall–Kier alpha value is -0.970. The maximum Gasteiger partial charge on any atom is 0.163 e. The van der Waals surface area contributed by atoms with Gasteiger partial charge in [0.1, 0.15) is 6.10 Å². The maximum absolute atomic E-state index is 11.9.